The lowest BCUT2D eigenvalue weighted by Gasteiger charge is -2.22. The molecule has 0 aromatic heterocycles. The fraction of sp³-hybridized carbons (Fsp3) is 0.600. The van der Waals surface area contributed by atoms with E-state index in [4.69, 9.17) is 0 Å². The zero-order chi connectivity index (χ0) is 13.8. The second kappa shape index (κ2) is 6.58. The number of halogens is 1. The van der Waals surface area contributed by atoms with E-state index in [1.54, 1.807) is 12.1 Å². The monoisotopic (exact) mass is 269 g/mol. The molecule has 1 atom stereocenters. The lowest BCUT2D eigenvalue weighted by Crippen LogP contribution is -2.35. The largest absolute Gasteiger partial charge is 0.308 e. The van der Waals surface area contributed by atoms with Crippen molar-refractivity contribution in [2.45, 2.75) is 63.3 Å². The number of nitrogens with one attached hydrogen (secondary N) is 1. The van der Waals surface area contributed by atoms with Gasteiger partial charge >= 0.3 is 0 Å². The number of benzene rings is 1. The standard InChI is InChI=1S/C15H24FNS/c1-6-11(2)18-14-8-7-13(16)9-12(14)10-17-15(3,4)5/h7-9,11,17H,6,10H2,1-5H3. The predicted octanol–water partition coefficient (Wildman–Crippen LogP) is 4.60. The van der Waals surface area contributed by atoms with Crippen molar-refractivity contribution in [3.8, 4) is 0 Å². The Morgan fingerprint density at radius 1 is 1.33 bits per heavy atom. The van der Waals surface area contributed by atoms with Crippen LogP contribution in [0.1, 0.15) is 46.6 Å². The Labute approximate surface area is 115 Å². The number of rotatable bonds is 5. The van der Waals surface area contributed by atoms with Crippen LogP contribution in [-0.4, -0.2) is 10.8 Å². The molecule has 18 heavy (non-hydrogen) atoms. The maximum Gasteiger partial charge on any atom is 0.123 e. The fourth-order valence-electron chi connectivity index (χ4n) is 1.46. The second-order valence-electron chi connectivity index (χ2n) is 5.69. The van der Waals surface area contributed by atoms with Gasteiger partial charge in [-0.25, -0.2) is 4.39 Å². The molecule has 1 N–H and O–H groups in total. The highest BCUT2D eigenvalue weighted by Gasteiger charge is 2.12. The SMILES string of the molecule is CCC(C)Sc1ccc(F)cc1CNC(C)(C)C. The van der Waals surface area contributed by atoms with E-state index in [9.17, 15) is 4.39 Å². The molecule has 0 saturated carbocycles. The van der Waals surface area contributed by atoms with E-state index >= 15 is 0 Å². The molecule has 1 rings (SSSR count). The van der Waals surface area contributed by atoms with E-state index in [0.29, 0.717) is 11.8 Å². The van der Waals surface area contributed by atoms with E-state index in [2.05, 4.69) is 39.9 Å². The Morgan fingerprint density at radius 2 is 2.00 bits per heavy atom. The van der Waals surface area contributed by atoms with Crippen LogP contribution in [0, 0.1) is 5.82 Å². The molecule has 1 aromatic rings. The molecule has 0 spiro atoms. The number of hydrogen-bond acceptors (Lipinski definition) is 2. The molecule has 0 saturated heterocycles. The van der Waals surface area contributed by atoms with E-state index in [0.717, 1.165) is 12.0 Å². The Kier molecular flexibility index (Phi) is 5.67. The van der Waals surface area contributed by atoms with Crippen LogP contribution in [0.15, 0.2) is 23.1 Å². The molecule has 102 valence electrons. The van der Waals surface area contributed by atoms with Crippen molar-refractivity contribution in [3.63, 3.8) is 0 Å². The van der Waals surface area contributed by atoms with Gasteiger partial charge in [-0.15, -0.1) is 11.8 Å². The van der Waals surface area contributed by atoms with Gasteiger partial charge in [-0.1, -0.05) is 13.8 Å². The molecule has 1 nitrogen and oxygen atoms in total. The van der Waals surface area contributed by atoms with Crippen LogP contribution in [-0.2, 0) is 6.54 Å². The van der Waals surface area contributed by atoms with E-state index in [-0.39, 0.29) is 11.4 Å². The lowest BCUT2D eigenvalue weighted by molar-refractivity contribution is 0.422. The van der Waals surface area contributed by atoms with Gasteiger partial charge in [-0.2, -0.15) is 0 Å². The lowest BCUT2D eigenvalue weighted by atomic mass is 10.1. The summed E-state index contributed by atoms with van der Waals surface area (Å²) in [4.78, 5) is 1.18. The van der Waals surface area contributed by atoms with Crippen molar-refractivity contribution in [1.82, 2.24) is 5.32 Å². The minimum absolute atomic E-state index is 0.0463. The average Bonchev–Trinajstić information content (AvgIpc) is 2.28. The Morgan fingerprint density at radius 3 is 2.56 bits per heavy atom. The first-order valence-electron chi connectivity index (χ1n) is 6.52. The Bertz CT molecular complexity index is 385. The summed E-state index contributed by atoms with van der Waals surface area (Å²) in [6, 6.07) is 5.08. The molecule has 0 aliphatic rings. The first kappa shape index (κ1) is 15.5. The smallest absolute Gasteiger partial charge is 0.123 e. The van der Waals surface area contributed by atoms with Crippen LogP contribution >= 0.6 is 11.8 Å². The zero-order valence-corrected chi connectivity index (χ0v) is 12.8. The first-order chi connectivity index (χ1) is 8.31. The van der Waals surface area contributed by atoms with Gasteiger partial charge in [0.15, 0.2) is 0 Å². The number of hydrogen-bond donors (Lipinski definition) is 1. The van der Waals surface area contributed by atoms with E-state index in [1.165, 1.54) is 4.90 Å². The topological polar surface area (TPSA) is 12.0 Å². The van der Waals surface area contributed by atoms with Gasteiger partial charge in [-0.05, 0) is 51.0 Å². The second-order valence-corrected chi connectivity index (χ2v) is 7.17. The Hall–Kier alpha value is -0.540. The molecule has 0 aliphatic carbocycles. The maximum atomic E-state index is 13.3. The predicted molar refractivity (Wildman–Crippen MR) is 78.6 cm³/mol. The number of thioether (sulfide) groups is 1. The van der Waals surface area contributed by atoms with E-state index in [1.807, 2.05) is 17.8 Å². The maximum absolute atomic E-state index is 13.3. The van der Waals surface area contributed by atoms with Crippen molar-refractivity contribution >= 4 is 11.8 Å². The molecule has 0 radical (unpaired) electrons. The van der Waals surface area contributed by atoms with Crippen molar-refractivity contribution in [3.05, 3.63) is 29.6 Å². The van der Waals surface area contributed by atoms with Crippen LogP contribution in [0.5, 0.6) is 0 Å². The van der Waals surface area contributed by atoms with Crippen LogP contribution in [0.4, 0.5) is 4.39 Å². The molecule has 1 aromatic carbocycles. The van der Waals surface area contributed by atoms with Crippen LogP contribution in [0.25, 0.3) is 0 Å². The summed E-state index contributed by atoms with van der Waals surface area (Å²) >= 11 is 1.82. The molecule has 0 amide bonds. The summed E-state index contributed by atoms with van der Waals surface area (Å²) in [6.45, 7) is 11.4. The molecule has 3 heteroatoms. The molecular weight excluding hydrogens is 245 g/mol. The molecule has 0 bridgehead atoms. The van der Waals surface area contributed by atoms with Gasteiger partial charge < -0.3 is 5.32 Å². The van der Waals surface area contributed by atoms with Gasteiger partial charge in [0.2, 0.25) is 0 Å². The van der Waals surface area contributed by atoms with Crippen molar-refractivity contribution in [2.75, 3.05) is 0 Å². The van der Waals surface area contributed by atoms with Crippen LogP contribution < -0.4 is 5.32 Å². The third kappa shape index (κ3) is 5.40. The summed E-state index contributed by atoms with van der Waals surface area (Å²) in [6.07, 6.45) is 1.12. The van der Waals surface area contributed by atoms with Gasteiger partial charge in [-0.3, -0.25) is 0 Å². The van der Waals surface area contributed by atoms with Crippen molar-refractivity contribution < 1.29 is 4.39 Å². The quantitative estimate of drug-likeness (QED) is 0.784. The molecule has 1 unspecified atom stereocenters. The van der Waals surface area contributed by atoms with E-state index < -0.39 is 0 Å². The molecule has 0 heterocycles. The van der Waals surface area contributed by atoms with Gasteiger partial charge in [0, 0.05) is 22.2 Å². The summed E-state index contributed by atoms with van der Waals surface area (Å²) in [5.41, 5.74) is 1.10. The summed E-state index contributed by atoms with van der Waals surface area (Å²) in [7, 11) is 0. The van der Waals surface area contributed by atoms with Gasteiger partial charge in [0.05, 0.1) is 0 Å². The molecular formula is C15H24FNS. The normalized spacial score (nSPS) is 13.7. The zero-order valence-electron chi connectivity index (χ0n) is 12.0. The molecule has 0 aliphatic heterocycles. The molecule has 0 fully saturated rings. The summed E-state index contributed by atoms with van der Waals surface area (Å²) in [5.74, 6) is -0.158. The van der Waals surface area contributed by atoms with Gasteiger partial charge in [0.1, 0.15) is 5.82 Å². The third-order valence-corrected chi connectivity index (χ3v) is 4.12. The first-order valence-corrected chi connectivity index (χ1v) is 7.40. The minimum atomic E-state index is -0.158. The van der Waals surface area contributed by atoms with Crippen molar-refractivity contribution in [1.29, 1.82) is 0 Å². The third-order valence-electron chi connectivity index (χ3n) is 2.73. The highest BCUT2D eigenvalue weighted by molar-refractivity contribution is 8.00. The van der Waals surface area contributed by atoms with Gasteiger partial charge in [0.25, 0.3) is 0 Å². The summed E-state index contributed by atoms with van der Waals surface area (Å²) < 4.78 is 13.3. The van der Waals surface area contributed by atoms with Crippen molar-refractivity contribution in [2.24, 2.45) is 0 Å². The van der Waals surface area contributed by atoms with Crippen LogP contribution in [0.2, 0.25) is 0 Å². The Balaban J connectivity index is 2.83. The minimum Gasteiger partial charge on any atom is -0.308 e. The highest BCUT2D eigenvalue weighted by Crippen LogP contribution is 2.29. The summed E-state index contributed by atoms with van der Waals surface area (Å²) in [5, 5.41) is 3.98. The fourth-order valence-corrected chi connectivity index (χ4v) is 2.49. The average molecular weight is 269 g/mol. The van der Waals surface area contributed by atoms with Crippen LogP contribution in [0.3, 0.4) is 0 Å². The highest BCUT2D eigenvalue weighted by atomic mass is 32.2.